The number of hydrogen-bond acceptors (Lipinski definition) is 3. The third-order valence-electron chi connectivity index (χ3n) is 4.39. The summed E-state index contributed by atoms with van der Waals surface area (Å²) in [4.78, 5) is 25.1. The van der Waals surface area contributed by atoms with Crippen molar-refractivity contribution in [3.05, 3.63) is 36.5 Å². The summed E-state index contributed by atoms with van der Waals surface area (Å²) in [5.41, 5.74) is 4.55. The molecule has 2 amide bonds. The molecule has 0 saturated heterocycles. The van der Waals surface area contributed by atoms with E-state index in [-0.39, 0.29) is 11.8 Å². The van der Waals surface area contributed by atoms with Crippen LogP contribution in [0.1, 0.15) is 25.7 Å². The van der Waals surface area contributed by atoms with Gasteiger partial charge in [0.25, 0.3) is 0 Å². The number of aromatic nitrogens is 1. The Morgan fingerprint density at radius 3 is 2.92 bits per heavy atom. The molecule has 0 saturated carbocycles. The molecule has 6 nitrogen and oxygen atoms in total. The van der Waals surface area contributed by atoms with Crippen molar-refractivity contribution >= 4 is 28.4 Å². The number of carbonyl (C=O) groups is 2. The number of benzene rings is 1. The zero-order valence-electron chi connectivity index (χ0n) is 13.9. The highest BCUT2D eigenvalue weighted by molar-refractivity contribution is 5.94. The molecule has 24 heavy (non-hydrogen) atoms. The van der Waals surface area contributed by atoms with E-state index in [4.69, 9.17) is 0 Å². The largest absolute Gasteiger partial charge is 0.346 e. The molecule has 0 bridgehead atoms. The molecule has 0 fully saturated rings. The molecule has 1 aliphatic rings. The van der Waals surface area contributed by atoms with Crippen LogP contribution in [0.5, 0.6) is 0 Å². The fourth-order valence-electron chi connectivity index (χ4n) is 2.85. The molecule has 3 rings (SSSR count). The van der Waals surface area contributed by atoms with Crippen molar-refractivity contribution in [1.82, 2.24) is 14.9 Å². The second kappa shape index (κ2) is 7.29. The first-order valence-electron chi connectivity index (χ1n) is 8.25. The Kier molecular flexibility index (Phi) is 4.93. The third-order valence-corrected chi connectivity index (χ3v) is 4.39. The molecule has 1 aromatic carbocycles. The van der Waals surface area contributed by atoms with Crippen molar-refractivity contribution in [3.8, 4) is 0 Å². The number of carbonyl (C=O) groups excluding carboxylic acids is 2. The van der Waals surface area contributed by atoms with E-state index in [1.165, 1.54) is 10.9 Å². The highest BCUT2D eigenvalue weighted by atomic mass is 16.2. The quantitative estimate of drug-likeness (QED) is 0.884. The lowest BCUT2D eigenvalue weighted by Crippen LogP contribution is -2.31. The molecule has 1 N–H and O–H groups in total. The second-order valence-corrected chi connectivity index (χ2v) is 6.10. The van der Waals surface area contributed by atoms with Gasteiger partial charge in [0.1, 0.15) is 0 Å². The average Bonchev–Trinajstić information content (AvgIpc) is 3.02. The van der Waals surface area contributed by atoms with Gasteiger partial charge in [-0.2, -0.15) is 5.10 Å². The number of amides is 2. The number of hydrogen-bond donors (Lipinski definition) is 1. The van der Waals surface area contributed by atoms with E-state index >= 15 is 0 Å². The molecule has 2 heterocycles. The van der Waals surface area contributed by atoms with Crippen LogP contribution in [-0.4, -0.2) is 40.6 Å². The highest BCUT2D eigenvalue weighted by Crippen LogP contribution is 2.15. The molecule has 0 atom stereocenters. The molecular formula is C18H22N4O2. The molecular weight excluding hydrogens is 304 g/mol. The van der Waals surface area contributed by atoms with Gasteiger partial charge in [-0.3, -0.25) is 9.59 Å². The summed E-state index contributed by atoms with van der Waals surface area (Å²) in [6.45, 7) is 1.44. The normalized spacial score (nSPS) is 14.4. The lowest BCUT2D eigenvalue weighted by atomic mass is 10.1. The predicted molar refractivity (Wildman–Crippen MR) is 93.6 cm³/mol. The Balaban J connectivity index is 1.48. The molecule has 0 spiro atoms. The first-order chi connectivity index (χ1) is 11.6. The summed E-state index contributed by atoms with van der Waals surface area (Å²) in [6.07, 6.45) is 4.21. The molecule has 6 heteroatoms. The molecule has 0 aliphatic carbocycles. The van der Waals surface area contributed by atoms with E-state index in [2.05, 4.69) is 39.5 Å². The second-order valence-electron chi connectivity index (χ2n) is 6.10. The summed E-state index contributed by atoms with van der Waals surface area (Å²) < 4.78 is 2.17. The minimum atomic E-state index is -0.0545. The smallest absolute Gasteiger partial charge is 0.240 e. The Labute approximate surface area is 141 Å². The van der Waals surface area contributed by atoms with Crippen LogP contribution in [-0.2, 0) is 16.1 Å². The minimum absolute atomic E-state index is 0.0545. The lowest BCUT2D eigenvalue weighted by Gasteiger charge is -2.19. The lowest BCUT2D eigenvalue weighted by molar-refractivity contribution is -0.129. The monoisotopic (exact) mass is 326 g/mol. The van der Waals surface area contributed by atoms with E-state index in [1.807, 2.05) is 19.2 Å². The summed E-state index contributed by atoms with van der Waals surface area (Å²) in [5, 5.41) is 5.22. The van der Waals surface area contributed by atoms with Gasteiger partial charge in [0.15, 0.2) is 0 Å². The van der Waals surface area contributed by atoms with Crippen molar-refractivity contribution in [2.75, 3.05) is 13.6 Å². The van der Waals surface area contributed by atoms with Gasteiger partial charge in [-0.25, -0.2) is 5.43 Å². The van der Waals surface area contributed by atoms with Gasteiger partial charge >= 0.3 is 0 Å². The summed E-state index contributed by atoms with van der Waals surface area (Å²) in [7, 11) is 1.83. The van der Waals surface area contributed by atoms with Crippen LogP contribution in [0.3, 0.4) is 0 Å². The van der Waals surface area contributed by atoms with Gasteiger partial charge in [-0.1, -0.05) is 18.2 Å². The van der Waals surface area contributed by atoms with Crippen LogP contribution in [0.15, 0.2) is 41.6 Å². The predicted octanol–water partition coefficient (Wildman–Crippen LogP) is 2.15. The number of rotatable bonds is 6. The van der Waals surface area contributed by atoms with Gasteiger partial charge in [0, 0.05) is 50.4 Å². The number of hydrazone groups is 1. The van der Waals surface area contributed by atoms with Crippen LogP contribution >= 0.6 is 0 Å². The minimum Gasteiger partial charge on any atom is -0.346 e. The van der Waals surface area contributed by atoms with Gasteiger partial charge in [-0.05, 0) is 30.4 Å². The molecule has 0 unspecified atom stereocenters. The van der Waals surface area contributed by atoms with E-state index in [0.717, 1.165) is 12.3 Å². The molecule has 2 aromatic rings. The number of likely N-dealkylation sites (N-methyl/N-ethyl adjacent to an activating group) is 1. The van der Waals surface area contributed by atoms with Crippen LogP contribution in [0.4, 0.5) is 0 Å². The first kappa shape index (κ1) is 16.2. The average molecular weight is 326 g/mol. The Morgan fingerprint density at radius 1 is 1.29 bits per heavy atom. The van der Waals surface area contributed by atoms with Crippen LogP contribution in [0, 0.1) is 0 Å². The first-order valence-corrected chi connectivity index (χ1v) is 8.25. The van der Waals surface area contributed by atoms with Crippen molar-refractivity contribution in [2.24, 2.45) is 5.10 Å². The zero-order chi connectivity index (χ0) is 16.9. The topological polar surface area (TPSA) is 66.7 Å². The van der Waals surface area contributed by atoms with Crippen molar-refractivity contribution < 1.29 is 9.59 Å². The summed E-state index contributed by atoms with van der Waals surface area (Å²) in [5.74, 6) is 0.0483. The van der Waals surface area contributed by atoms with E-state index in [1.54, 1.807) is 4.90 Å². The third kappa shape index (κ3) is 3.82. The number of nitrogens with zero attached hydrogens (tertiary/aromatic N) is 3. The zero-order valence-corrected chi connectivity index (χ0v) is 13.9. The van der Waals surface area contributed by atoms with E-state index < -0.39 is 0 Å². The van der Waals surface area contributed by atoms with Crippen LogP contribution < -0.4 is 5.43 Å². The molecule has 126 valence electrons. The molecule has 1 aliphatic heterocycles. The van der Waals surface area contributed by atoms with Gasteiger partial charge in [-0.15, -0.1) is 0 Å². The SMILES string of the molecule is CN(CCn1ccc2ccccc21)C(=O)CCC1=NNC(=O)CC1. The van der Waals surface area contributed by atoms with Crippen molar-refractivity contribution in [2.45, 2.75) is 32.2 Å². The van der Waals surface area contributed by atoms with Gasteiger partial charge in [0.05, 0.1) is 0 Å². The summed E-state index contributed by atoms with van der Waals surface area (Å²) in [6, 6.07) is 10.3. The standard InChI is InChI=1S/C18H22N4O2/c1-21(18(24)9-7-15-6-8-17(23)20-19-15)12-13-22-11-10-14-4-2-3-5-16(14)22/h2-5,10-11H,6-9,12-13H2,1H3,(H,20,23). The maximum Gasteiger partial charge on any atom is 0.240 e. The fraction of sp³-hybridized carbons (Fsp3) is 0.389. The fourth-order valence-corrected chi connectivity index (χ4v) is 2.85. The Morgan fingerprint density at radius 2 is 2.12 bits per heavy atom. The molecule has 0 radical (unpaired) electrons. The maximum absolute atomic E-state index is 12.2. The van der Waals surface area contributed by atoms with Gasteiger partial charge < -0.3 is 9.47 Å². The van der Waals surface area contributed by atoms with Crippen LogP contribution in [0.2, 0.25) is 0 Å². The van der Waals surface area contributed by atoms with Crippen LogP contribution in [0.25, 0.3) is 10.9 Å². The van der Waals surface area contributed by atoms with E-state index in [0.29, 0.717) is 32.2 Å². The molecule has 1 aromatic heterocycles. The van der Waals surface area contributed by atoms with E-state index in [9.17, 15) is 9.59 Å². The van der Waals surface area contributed by atoms with Gasteiger partial charge in [0.2, 0.25) is 11.8 Å². The van der Waals surface area contributed by atoms with Crippen molar-refractivity contribution in [3.63, 3.8) is 0 Å². The maximum atomic E-state index is 12.2. The summed E-state index contributed by atoms with van der Waals surface area (Å²) >= 11 is 0. The Bertz CT molecular complexity index is 778. The highest BCUT2D eigenvalue weighted by Gasteiger charge is 2.15. The number of fused-ring (bicyclic) bond motifs is 1. The number of nitrogens with one attached hydrogen (secondary N) is 1. The Hall–Kier alpha value is -2.63. The van der Waals surface area contributed by atoms with Crippen molar-refractivity contribution in [1.29, 1.82) is 0 Å². The number of para-hydroxylation sites is 1.